The maximum absolute atomic E-state index is 13.3. The highest BCUT2D eigenvalue weighted by Crippen LogP contribution is 2.32. The second kappa shape index (κ2) is 7.95. The maximum Gasteiger partial charge on any atom is 0.253 e. The first-order chi connectivity index (χ1) is 14.3. The van der Waals surface area contributed by atoms with Gasteiger partial charge in [0.2, 0.25) is 0 Å². The molecule has 0 unspecified atom stereocenters. The molecule has 1 saturated heterocycles. The summed E-state index contributed by atoms with van der Waals surface area (Å²) in [4.78, 5) is 18.9. The Labute approximate surface area is 177 Å². The summed E-state index contributed by atoms with van der Waals surface area (Å²) in [7, 11) is 0. The van der Waals surface area contributed by atoms with E-state index < -0.39 is 0 Å². The number of hydrogen-bond acceptors (Lipinski definition) is 5. The average molecular weight is 409 g/mol. The second-order valence-corrected chi connectivity index (χ2v) is 9.14. The summed E-state index contributed by atoms with van der Waals surface area (Å²) in [6, 6.07) is 5.97. The van der Waals surface area contributed by atoms with Crippen LogP contribution in [0, 0.1) is 13.8 Å². The van der Waals surface area contributed by atoms with Gasteiger partial charge in [0, 0.05) is 5.56 Å². The molecule has 1 aromatic carbocycles. The molecule has 160 valence electrons. The van der Waals surface area contributed by atoms with Crippen molar-refractivity contribution >= 4 is 10.9 Å². The summed E-state index contributed by atoms with van der Waals surface area (Å²) in [5, 5.41) is 13.8. The van der Waals surface area contributed by atoms with Gasteiger partial charge in [-0.25, -0.2) is 4.68 Å². The van der Waals surface area contributed by atoms with Crippen molar-refractivity contribution in [1.29, 1.82) is 0 Å². The number of benzene rings is 1. The zero-order valence-electron chi connectivity index (χ0n) is 18.7. The first-order valence-corrected chi connectivity index (χ1v) is 11.0. The van der Waals surface area contributed by atoms with E-state index in [0.717, 1.165) is 60.2 Å². The fourth-order valence-electron chi connectivity index (χ4n) is 4.37. The third-order valence-electron chi connectivity index (χ3n) is 6.81. The molecule has 30 heavy (non-hydrogen) atoms. The van der Waals surface area contributed by atoms with Gasteiger partial charge in [-0.15, -0.1) is 5.10 Å². The molecule has 7 heteroatoms. The highest BCUT2D eigenvalue weighted by atomic mass is 16.1. The third-order valence-corrected chi connectivity index (χ3v) is 6.81. The first-order valence-electron chi connectivity index (χ1n) is 11.0. The number of fused-ring (bicyclic) bond motifs is 1. The van der Waals surface area contributed by atoms with Crippen LogP contribution < -0.4 is 5.56 Å². The lowest BCUT2D eigenvalue weighted by Crippen LogP contribution is -2.40. The van der Waals surface area contributed by atoms with Crippen LogP contribution in [0.25, 0.3) is 10.9 Å². The smallest absolute Gasteiger partial charge is 0.253 e. The number of rotatable bonds is 5. The molecule has 1 aliphatic rings. The fraction of sp³-hybridized carbons (Fsp3) is 0.565. The minimum absolute atomic E-state index is 0.0596. The van der Waals surface area contributed by atoms with E-state index in [9.17, 15) is 4.79 Å². The number of tetrazole rings is 1. The van der Waals surface area contributed by atoms with Crippen molar-refractivity contribution in [2.45, 2.75) is 71.9 Å². The van der Waals surface area contributed by atoms with E-state index in [4.69, 9.17) is 0 Å². The van der Waals surface area contributed by atoms with Crippen LogP contribution in [-0.2, 0) is 5.54 Å². The average Bonchev–Trinajstić information content (AvgIpc) is 3.23. The zero-order valence-corrected chi connectivity index (χ0v) is 18.7. The number of aryl methyl sites for hydroxylation is 2. The summed E-state index contributed by atoms with van der Waals surface area (Å²) in [6.07, 6.45) is 4.36. The van der Waals surface area contributed by atoms with Crippen LogP contribution in [0.3, 0.4) is 0 Å². The van der Waals surface area contributed by atoms with Crippen molar-refractivity contribution in [3.8, 4) is 0 Å². The molecule has 4 rings (SSSR count). The highest BCUT2D eigenvalue weighted by Gasteiger charge is 2.34. The molecule has 0 aliphatic carbocycles. The molecule has 3 heterocycles. The quantitative estimate of drug-likeness (QED) is 0.694. The minimum Gasteiger partial charge on any atom is -0.321 e. The molecular weight excluding hydrogens is 376 g/mol. The molecule has 1 N–H and O–H groups in total. The Kier molecular flexibility index (Phi) is 5.49. The summed E-state index contributed by atoms with van der Waals surface area (Å²) >= 11 is 0. The van der Waals surface area contributed by atoms with Crippen LogP contribution >= 0.6 is 0 Å². The van der Waals surface area contributed by atoms with E-state index in [2.05, 4.69) is 72.2 Å². The normalized spacial score (nSPS) is 16.8. The first kappa shape index (κ1) is 20.7. The van der Waals surface area contributed by atoms with Gasteiger partial charge in [-0.3, -0.25) is 9.69 Å². The Hall–Kier alpha value is -2.54. The van der Waals surface area contributed by atoms with Gasteiger partial charge in [0.25, 0.3) is 5.56 Å². The Morgan fingerprint density at radius 3 is 2.60 bits per heavy atom. The molecule has 1 atom stereocenters. The summed E-state index contributed by atoms with van der Waals surface area (Å²) in [6.45, 7) is 12.4. The second-order valence-electron chi connectivity index (χ2n) is 9.14. The van der Waals surface area contributed by atoms with Crippen LogP contribution in [0.15, 0.2) is 23.0 Å². The molecule has 0 spiro atoms. The molecular formula is C23H32N6O. The molecule has 0 saturated carbocycles. The van der Waals surface area contributed by atoms with E-state index >= 15 is 0 Å². The van der Waals surface area contributed by atoms with E-state index in [1.54, 1.807) is 0 Å². The van der Waals surface area contributed by atoms with Gasteiger partial charge in [0.05, 0.1) is 11.1 Å². The van der Waals surface area contributed by atoms with Crippen LogP contribution in [0.2, 0.25) is 0 Å². The zero-order chi connectivity index (χ0) is 21.5. The van der Waals surface area contributed by atoms with Crippen LogP contribution in [0.5, 0.6) is 0 Å². The molecule has 2 aromatic heterocycles. The number of H-pyrrole nitrogens is 1. The fourth-order valence-corrected chi connectivity index (χ4v) is 4.37. The Bertz CT molecular complexity index is 1110. The van der Waals surface area contributed by atoms with Crippen LogP contribution in [0.4, 0.5) is 0 Å². The molecule has 3 aromatic rings. The van der Waals surface area contributed by atoms with Gasteiger partial charge < -0.3 is 4.98 Å². The Morgan fingerprint density at radius 2 is 1.90 bits per heavy atom. The number of piperidine rings is 1. The van der Waals surface area contributed by atoms with Gasteiger partial charge >= 0.3 is 0 Å². The largest absolute Gasteiger partial charge is 0.321 e. The van der Waals surface area contributed by atoms with Crippen LogP contribution in [-0.4, -0.2) is 43.2 Å². The molecule has 0 radical (unpaired) electrons. The number of pyridine rings is 1. The number of likely N-dealkylation sites (tertiary alicyclic amines) is 1. The van der Waals surface area contributed by atoms with Gasteiger partial charge in [0.1, 0.15) is 6.04 Å². The topological polar surface area (TPSA) is 79.7 Å². The molecule has 1 aliphatic heterocycles. The van der Waals surface area contributed by atoms with Crippen molar-refractivity contribution < 1.29 is 0 Å². The number of aromatic amines is 1. The summed E-state index contributed by atoms with van der Waals surface area (Å²) < 4.78 is 1.91. The highest BCUT2D eigenvalue weighted by molar-refractivity contribution is 5.83. The maximum atomic E-state index is 13.3. The Morgan fingerprint density at radius 1 is 1.17 bits per heavy atom. The minimum atomic E-state index is -0.263. The lowest BCUT2D eigenvalue weighted by atomic mass is 9.97. The van der Waals surface area contributed by atoms with Gasteiger partial charge in [0.15, 0.2) is 5.82 Å². The van der Waals surface area contributed by atoms with E-state index in [0.29, 0.717) is 0 Å². The summed E-state index contributed by atoms with van der Waals surface area (Å²) in [5.41, 5.74) is 3.63. The lowest BCUT2D eigenvalue weighted by Gasteiger charge is -2.35. The van der Waals surface area contributed by atoms with Crippen molar-refractivity contribution in [1.82, 2.24) is 30.1 Å². The number of nitrogens with zero attached hydrogens (tertiary/aromatic N) is 5. The van der Waals surface area contributed by atoms with E-state index in [-0.39, 0.29) is 17.1 Å². The lowest BCUT2D eigenvalue weighted by molar-refractivity contribution is 0.167. The van der Waals surface area contributed by atoms with E-state index in [1.807, 2.05) is 10.7 Å². The summed E-state index contributed by atoms with van der Waals surface area (Å²) in [5.74, 6) is 0.748. The standard InChI is InChI=1S/C23H32N6O/c1-6-23(4,5)29-21(25-26-27-29)20(28-12-8-7-9-13-28)18-14-17-11-10-15(2)16(3)19(17)24-22(18)30/h10-11,14,20H,6-9,12-13H2,1-5H3,(H,24,30)/t20-/m1/s1. The predicted octanol–water partition coefficient (Wildman–Crippen LogP) is 3.85. The Balaban J connectivity index is 1.92. The van der Waals surface area contributed by atoms with Gasteiger partial charge in [-0.2, -0.15) is 0 Å². The molecule has 7 nitrogen and oxygen atoms in total. The molecule has 1 fully saturated rings. The van der Waals surface area contributed by atoms with Gasteiger partial charge in [-0.05, 0) is 93.1 Å². The van der Waals surface area contributed by atoms with Crippen molar-refractivity contribution in [3.63, 3.8) is 0 Å². The number of hydrogen-bond donors (Lipinski definition) is 1. The van der Waals surface area contributed by atoms with Crippen LogP contribution in [0.1, 0.15) is 75.0 Å². The molecule has 0 bridgehead atoms. The van der Waals surface area contributed by atoms with Gasteiger partial charge in [-0.1, -0.05) is 25.5 Å². The SMILES string of the molecule is CCC(C)(C)n1nnnc1[C@@H](c1cc2ccc(C)c(C)c2[nH]c1=O)N1CCCCC1. The number of nitrogens with one attached hydrogen (secondary N) is 1. The molecule has 0 amide bonds. The monoisotopic (exact) mass is 408 g/mol. The van der Waals surface area contributed by atoms with Crippen molar-refractivity contribution in [2.75, 3.05) is 13.1 Å². The number of aromatic nitrogens is 5. The van der Waals surface area contributed by atoms with Crippen molar-refractivity contribution in [3.05, 3.63) is 51.1 Å². The third kappa shape index (κ3) is 3.55. The predicted molar refractivity (Wildman–Crippen MR) is 119 cm³/mol. The van der Waals surface area contributed by atoms with E-state index in [1.165, 1.54) is 12.0 Å². The van der Waals surface area contributed by atoms with Crippen molar-refractivity contribution in [2.24, 2.45) is 0 Å².